The van der Waals surface area contributed by atoms with Gasteiger partial charge < -0.3 is 10.1 Å². The number of carbonyl (C=O) groups excluding carboxylic acids is 1. The summed E-state index contributed by atoms with van der Waals surface area (Å²) in [6.45, 7) is 7.21. The summed E-state index contributed by atoms with van der Waals surface area (Å²) in [6.07, 6.45) is 1.20. The van der Waals surface area contributed by atoms with E-state index in [0.717, 1.165) is 0 Å². The molecule has 0 aliphatic carbocycles. The number of hydrogen-bond acceptors (Lipinski definition) is 2. The number of alkyl carbamates (subject to hydrolysis) is 1. The Bertz CT molecular complexity index is 141. The van der Waals surface area contributed by atoms with Crippen molar-refractivity contribution in [3.05, 3.63) is 12.7 Å². The van der Waals surface area contributed by atoms with Crippen molar-refractivity contribution < 1.29 is 9.53 Å². The Hall–Kier alpha value is -0.990. The molecule has 0 saturated carbocycles. The average Bonchev–Trinajstić information content (AvgIpc) is 1.87. The summed E-state index contributed by atoms with van der Waals surface area (Å²) in [5.41, 5.74) is -0.396. The van der Waals surface area contributed by atoms with Crippen molar-refractivity contribution >= 4 is 6.09 Å². The first-order chi connectivity index (χ1) is 4.52. The zero-order chi connectivity index (χ0) is 8.20. The molecule has 0 fully saturated rings. The van der Waals surface area contributed by atoms with Crippen molar-refractivity contribution in [2.75, 3.05) is 7.11 Å². The zero-order valence-corrected chi connectivity index (χ0v) is 6.60. The maximum absolute atomic E-state index is 10.6. The third-order valence-corrected chi connectivity index (χ3v) is 1.12. The van der Waals surface area contributed by atoms with Gasteiger partial charge in [0.25, 0.3) is 0 Å². The largest absolute Gasteiger partial charge is 0.453 e. The van der Waals surface area contributed by atoms with Gasteiger partial charge in [0.15, 0.2) is 0 Å². The number of carbonyl (C=O) groups is 1. The van der Waals surface area contributed by atoms with Gasteiger partial charge in [-0.3, -0.25) is 0 Å². The van der Waals surface area contributed by atoms with Crippen LogP contribution in [0.15, 0.2) is 12.7 Å². The van der Waals surface area contributed by atoms with Crippen LogP contribution in [-0.4, -0.2) is 18.7 Å². The molecule has 0 atom stereocenters. The summed E-state index contributed by atoms with van der Waals surface area (Å²) >= 11 is 0. The van der Waals surface area contributed by atoms with E-state index >= 15 is 0 Å². The van der Waals surface area contributed by atoms with E-state index in [1.54, 1.807) is 6.08 Å². The maximum atomic E-state index is 10.6. The number of nitrogens with one attached hydrogen (secondary N) is 1. The molecule has 0 aromatic heterocycles. The van der Waals surface area contributed by atoms with Gasteiger partial charge in [0.1, 0.15) is 0 Å². The minimum absolute atomic E-state index is 0.396. The van der Waals surface area contributed by atoms with E-state index in [1.807, 2.05) is 13.8 Å². The van der Waals surface area contributed by atoms with Crippen molar-refractivity contribution in [1.29, 1.82) is 0 Å². The second-order valence-electron chi connectivity index (χ2n) is 2.54. The van der Waals surface area contributed by atoms with Crippen molar-refractivity contribution in [3.8, 4) is 0 Å². The molecule has 0 radical (unpaired) electrons. The fourth-order valence-corrected chi connectivity index (χ4v) is 0.365. The molecule has 0 bridgehead atoms. The number of rotatable bonds is 2. The van der Waals surface area contributed by atoms with Gasteiger partial charge in [-0.2, -0.15) is 0 Å². The molecule has 0 aliphatic rings. The molecule has 1 amide bonds. The van der Waals surface area contributed by atoms with Crippen LogP contribution in [0.25, 0.3) is 0 Å². The Balaban J connectivity index is 3.88. The molecular weight excluding hydrogens is 130 g/mol. The lowest BCUT2D eigenvalue weighted by Gasteiger charge is -2.20. The van der Waals surface area contributed by atoms with E-state index in [9.17, 15) is 4.79 Å². The van der Waals surface area contributed by atoms with Gasteiger partial charge in [-0.05, 0) is 13.8 Å². The zero-order valence-electron chi connectivity index (χ0n) is 6.60. The van der Waals surface area contributed by atoms with Crippen LogP contribution in [0.4, 0.5) is 4.79 Å². The van der Waals surface area contributed by atoms with Gasteiger partial charge in [0, 0.05) is 0 Å². The Morgan fingerprint density at radius 3 is 2.50 bits per heavy atom. The molecule has 0 heterocycles. The third kappa shape index (κ3) is 3.12. The van der Waals surface area contributed by atoms with E-state index < -0.39 is 11.6 Å². The maximum Gasteiger partial charge on any atom is 0.407 e. The summed E-state index contributed by atoms with van der Waals surface area (Å²) in [5, 5.41) is 2.58. The molecule has 0 spiro atoms. The Morgan fingerprint density at radius 2 is 2.20 bits per heavy atom. The molecule has 3 nitrogen and oxygen atoms in total. The highest BCUT2D eigenvalue weighted by Gasteiger charge is 2.15. The van der Waals surface area contributed by atoms with Crippen LogP contribution in [-0.2, 0) is 4.74 Å². The topological polar surface area (TPSA) is 38.3 Å². The highest BCUT2D eigenvalue weighted by molar-refractivity contribution is 5.68. The highest BCUT2D eigenvalue weighted by atomic mass is 16.5. The first-order valence-electron chi connectivity index (χ1n) is 3.01. The highest BCUT2D eigenvalue weighted by Crippen LogP contribution is 2.01. The second kappa shape index (κ2) is 3.25. The van der Waals surface area contributed by atoms with Crippen LogP contribution >= 0.6 is 0 Å². The lowest BCUT2D eigenvalue weighted by molar-refractivity contribution is 0.164. The van der Waals surface area contributed by atoms with E-state index in [0.29, 0.717) is 0 Å². The van der Waals surface area contributed by atoms with Crippen molar-refractivity contribution in [3.63, 3.8) is 0 Å². The smallest absolute Gasteiger partial charge is 0.407 e. The predicted octanol–water partition coefficient (Wildman–Crippen LogP) is 1.31. The van der Waals surface area contributed by atoms with Crippen LogP contribution in [0, 0.1) is 0 Å². The van der Waals surface area contributed by atoms with Crippen molar-refractivity contribution in [2.45, 2.75) is 19.4 Å². The Labute approximate surface area is 61.1 Å². The van der Waals surface area contributed by atoms with Crippen molar-refractivity contribution in [1.82, 2.24) is 5.32 Å². The standard InChI is InChI=1S/C7H13NO2/c1-5-7(2,3)8-6(9)10-4/h5H,1H2,2-4H3,(H,8,9). The predicted molar refractivity (Wildman–Crippen MR) is 39.8 cm³/mol. The number of methoxy groups -OCH3 is 1. The summed E-state index contributed by atoms with van der Waals surface area (Å²) in [5.74, 6) is 0. The van der Waals surface area contributed by atoms with Gasteiger partial charge in [0.2, 0.25) is 0 Å². The van der Waals surface area contributed by atoms with Gasteiger partial charge >= 0.3 is 6.09 Å². The summed E-state index contributed by atoms with van der Waals surface area (Å²) in [7, 11) is 1.33. The first kappa shape index (κ1) is 9.01. The molecular formula is C7H13NO2. The lowest BCUT2D eigenvalue weighted by Crippen LogP contribution is -2.41. The minimum Gasteiger partial charge on any atom is -0.453 e. The minimum atomic E-state index is -0.440. The molecule has 0 aromatic carbocycles. The molecule has 0 unspecified atom stereocenters. The number of amides is 1. The van der Waals surface area contributed by atoms with Crippen LogP contribution in [0.1, 0.15) is 13.8 Å². The lowest BCUT2D eigenvalue weighted by atomic mass is 10.1. The van der Waals surface area contributed by atoms with Gasteiger partial charge in [-0.1, -0.05) is 6.08 Å². The molecule has 0 rings (SSSR count). The van der Waals surface area contributed by atoms with Crippen molar-refractivity contribution in [2.24, 2.45) is 0 Å². The quantitative estimate of drug-likeness (QED) is 0.592. The van der Waals surface area contributed by atoms with Crippen LogP contribution < -0.4 is 5.32 Å². The second-order valence-corrected chi connectivity index (χ2v) is 2.54. The molecule has 58 valence electrons. The van der Waals surface area contributed by atoms with Crippen LogP contribution in [0.5, 0.6) is 0 Å². The van der Waals surface area contributed by atoms with Gasteiger partial charge in [-0.25, -0.2) is 4.79 Å². The van der Waals surface area contributed by atoms with E-state index in [1.165, 1.54) is 7.11 Å². The third-order valence-electron chi connectivity index (χ3n) is 1.12. The Kier molecular flexibility index (Phi) is 2.93. The number of ether oxygens (including phenoxy) is 1. The van der Waals surface area contributed by atoms with Gasteiger partial charge in [-0.15, -0.1) is 6.58 Å². The molecule has 0 aliphatic heterocycles. The molecule has 0 saturated heterocycles. The number of hydrogen-bond donors (Lipinski definition) is 1. The van der Waals surface area contributed by atoms with Crippen LogP contribution in [0.3, 0.4) is 0 Å². The molecule has 1 N–H and O–H groups in total. The van der Waals surface area contributed by atoms with E-state index in [-0.39, 0.29) is 0 Å². The van der Waals surface area contributed by atoms with E-state index in [2.05, 4.69) is 16.6 Å². The summed E-state index contributed by atoms with van der Waals surface area (Å²) in [6, 6.07) is 0. The van der Waals surface area contributed by atoms with Gasteiger partial charge in [0.05, 0.1) is 12.6 Å². The van der Waals surface area contributed by atoms with Crippen LogP contribution in [0.2, 0.25) is 0 Å². The summed E-state index contributed by atoms with van der Waals surface area (Å²) in [4.78, 5) is 10.6. The molecule has 3 heteroatoms. The van der Waals surface area contributed by atoms with E-state index in [4.69, 9.17) is 0 Å². The Morgan fingerprint density at radius 1 is 1.70 bits per heavy atom. The first-order valence-corrected chi connectivity index (χ1v) is 3.01. The SMILES string of the molecule is C=CC(C)(C)NC(=O)OC. The fourth-order valence-electron chi connectivity index (χ4n) is 0.365. The normalized spacial score (nSPS) is 10.3. The molecule has 10 heavy (non-hydrogen) atoms. The summed E-state index contributed by atoms with van der Waals surface area (Å²) < 4.78 is 4.39. The fraction of sp³-hybridized carbons (Fsp3) is 0.571. The average molecular weight is 143 g/mol. The molecule has 0 aromatic rings. The monoisotopic (exact) mass is 143 g/mol.